The summed E-state index contributed by atoms with van der Waals surface area (Å²) in [5.41, 5.74) is 1.66. The third kappa shape index (κ3) is 2.62. The Morgan fingerprint density at radius 1 is 1.53 bits per heavy atom. The first-order valence-corrected chi connectivity index (χ1v) is 6.60. The lowest BCUT2D eigenvalue weighted by Gasteiger charge is -2.34. The SMILES string of the molecule is N#Cc1c(Br)cccc1N1CCCC(CO)C1. The number of nitrogens with zero attached hydrogens (tertiary/aromatic N) is 2. The molecule has 1 saturated heterocycles. The number of aliphatic hydroxyl groups excluding tert-OH is 1. The fourth-order valence-electron chi connectivity index (χ4n) is 2.32. The standard InChI is InChI=1S/C13H15BrN2O/c14-12-4-1-5-13(11(12)7-15)16-6-2-3-10(8-16)9-17/h1,4-5,10,17H,2-3,6,8-9H2. The predicted molar refractivity (Wildman–Crippen MR) is 70.9 cm³/mol. The van der Waals surface area contributed by atoms with Crippen LogP contribution in [-0.2, 0) is 0 Å². The lowest BCUT2D eigenvalue weighted by atomic mass is 9.98. The number of benzene rings is 1. The first-order valence-electron chi connectivity index (χ1n) is 5.80. The van der Waals surface area contributed by atoms with Crippen LogP contribution in [0.3, 0.4) is 0 Å². The average Bonchev–Trinajstić information content (AvgIpc) is 2.38. The highest BCUT2D eigenvalue weighted by Crippen LogP contribution is 2.30. The van der Waals surface area contributed by atoms with Gasteiger partial charge < -0.3 is 10.0 Å². The van der Waals surface area contributed by atoms with Crippen LogP contribution in [0.1, 0.15) is 18.4 Å². The summed E-state index contributed by atoms with van der Waals surface area (Å²) in [5.74, 6) is 0.328. The molecule has 0 radical (unpaired) electrons. The molecule has 1 N–H and O–H groups in total. The molecular weight excluding hydrogens is 280 g/mol. The Kier molecular flexibility index (Phi) is 4.03. The van der Waals surface area contributed by atoms with Gasteiger partial charge in [-0.05, 0) is 46.8 Å². The van der Waals surface area contributed by atoms with Gasteiger partial charge in [0.1, 0.15) is 6.07 Å². The number of halogens is 1. The van der Waals surface area contributed by atoms with Crippen molar-refractivity contribution < 1.29 is 5.11 Å². The molecule has 2 rings (SSSR count). The average molecular weight is 295 g/mol. The van der Waals surface area contributed by atoms with E-state index in [0.29, 0.717) is 11.5 Å². The topological polar surface area (TPSA) is 47.3 Å². The third-order valence-electron chi connectivity index (χ3n) is 3.22. The van der Waals surface area contributed by atoms with Crippen LogP contribution in [-0.4, -0.2) is 24.8 Å². The maximum Gasteiger partial charge on any atom is 0.103 e. The van der Waals surface area contributed by atoms with Crippen molar-refractivity contribution in [3.8, 4) is 6.07 Å². The van der Waals surface area contributed by atoms with Crippen molar-refractivity contribution in [3.05, 3.63) is 28.2 Å². The van der Waals surface area contributed by atoms with Crippen LogP contribution in [0.4, 0.5) is 5.69 Å². The van der Waals surface area contributed by atoms with Crippen molar-refractivity contribution in [2.24, 2.45) is 5.92 Å². The molecule has 1 aliphatic heterocycles. The second-order valence-electron chi connectivity index (χ2n) is 4.38. The zero-order valence-corrected chi connectivity index (χ0v) is 11.2. The van der Waals surface area contributed by atoms with Gasteiger partial charge in [-0.1, -0.05) is 6.07 Å². The molecule has 90 valence electrons. The van der Waals surface area contributed by atoms with E-state index in [2.05, 4.69) is 26.9 Å². The summed E-state index contributed by atoms with van der Waals surface area (Å²) in [6, 6.07) is 8.05. The van der Waals surface area contributed by atoms with E-state index in [0.717, 1.165) is 36.1 Å². The molecule has 0 spiro atoms. The third-order valence-corrected chi connectivity index (χ3v) is 3.88. The van der Waals surface area contributed by atoms with Crippen LogP contribution >= 0.6 is 15.9 Å². The van der Waals surface area contributed by atoms with Gasteiger partial charge in [-0.15, -0.1) is 0 Å². The zero-order chi connectivity index (χ0) is 12.3. The molecule has 1 unspecified atom stereocenters. The van der Waals surface area contributed by atoms with Crippen molar-refractivity contribution >= 4 is 21.6 Å². The van der Waals surface area contributed by atoms with E-state index in [1.165, 1.54) is 0 Å². The molecule has 0 aromatic heterocycles. The Balaban J connectivity index is 2.28. The molecule has 1 aliphatic rings. The van der Waals surface area contributed by atoms with Crippen LogP contribution in [0.5, 0.6) is 0 Å². The lowest BCUT2D eigenvalue weighted by molar-refractivity contribution is 0.208. The van der Waals surface area contributed by atoms with Crippen LogP contribution in [0.25, 0.3) is 0 Å². The normalized spacial score (nSPS) is 20.1. The maximum absolute atomic E-state index is 9.24. The smallest absolute Gasteiger partial charge is 0.103 e. The Bertz CT molecular complexity index is 442. The minimum atomic E-state index is 0.229. The number of aliphatic hydroxyl groups is 1. The molecule has 0 bridgehead atoms. The minimum absolute atomic E-state index is 0.229. The molecule has 1 aromatic rings. The van der Waals surface area contributed by atoms with E-state index in [9.17, 15) is 10.4 Å². The van der Waals surface area contributed by atoms with Crippen LogP contribution in [0.2, 0.25) is 0 Å². The summed E-state index contributed by atoms with van der Waals surface area (Å²) >= 11 is 3.41. The highest BCUT2D eigenvalue weighted by molar-refractivity contribution is 9.10. The van der Waals surface area contributed by atoms with Gasteiger partial charge in [0.2, 0.25) is 0 Å². The Hall–Kier alpha value is -1.05. The summed E-state index contributed by atoms with van der Waals surface area (Å²) in [7, 11) is 0. The molecule has 1 atom stereocenters. The second-order valence-corrected chi connectivity index (χ2v) is 5.24. The Labute approximate surface area is 110 Å². The van der Waals surface area contributed by atoms with Crippen molar-refractivity contribution in [1.82, 2.24) is 0 Å². The molecule has 1 aromatic carbocycles. The highest BCUT2D eigenvalue weighted by Gasteiger charge is 2.21. The number of rotatable bonds is 2. The van der Waals surface area contributed by atoms with E-state index >= 15 is 0 Å². The van der Waals surface area contributed by atoms with Gasteiger partial charge in [0.05, 0.1) is 11.3 Å². The van der Waals surface area contributed by atoms with Crippen LogP contribution in [0.15, 0.2) is 22.7 Å². The van der Waals surface area contributed by atoms with Gasteiger partial charge in [-0.25, -0.2) is 0 Å². The van der Waals surface area contributed by atoms with Crippen molar-refractivity contribution in [2.75, 3.05) is 24.6 Å². The van der Waals surface area contributed by atoms with E-state index in [1.807, 2.05) is 18.2 Å². The molecule has 17 heavy (non-hydrogen) atoms. The molecule has 3 nitrogen and oxygen atoms in total. The van der Waals surface area contributed by atoms with Crippen molar-refractivity contribution in [1.29, 1.82) is 5.26 Å². The first kappa shape index (κ1) is 12.4. The summed E-state index contributed by atoms with van der Waals surface area (Å²) in [6.07, 6.45) is 2.14. The highest BCUT2D eigenvalue weighted by atomic mass is 79.9. The maximum atomic E-state index is 9.24. The molecule has 0 saturated carbocycles. The number of piperidine rings is 1. The number of hydrogen-bond acceptors (Lipinski definition) is 3. The molecule has 1 fully saturated rings. The van der Waals surface area contributed by atoms with Gasteiger partial charge in [-0.3, -0.25) is 0 Å². The zero-order valence-electron chi connectivity index (χ0n) is 9.56. The number of anilines is 1. The van der Waals surface area contributed by atoms with E-state index in [-0.39, 0.29) is 6.61 Å². The van der Waals surface area contributed by atoms with Crippen LogP contribution in [0, 0.1) is 17.2 Å². The summed E-state index contributed by atoms with van der Waals surface area (Å²) in [6.45, 7) is 2.02. The fraction of sp³-hybridized carbons (Fsp3) is 0.462. The van der Waals surface area contributed by atoms with Gasteiger partial charge in [0.15, 0.2) is 0 Å². The monoisotopic (exact) mass is 294 g/mol. The van der Waals surface area contributed by atoms with E-state index in [1.54, 1.807) is 0 Å². The molecular formula is C13H15BrN2O. The van der Waals surface area contributed by atoms with Gasteiger partial charge in [0.25, 0.3) is 0 Å². The summed E-state index contributed by atoms with van der Waals surface area (Å²) in [5, 5.41) is 18.4. The van der Waals surface area contributed by atoms with Gasteiger partial charge >= 0.3 is 0 Å². The number of hydrogen-bond donors (Lipinski definition) is 1. The van der Waals surface area contributed by atoms with Gasteiger partial charge in [0, 0.05) is 24.2 Å². The largest absolute Gasteiger partial charge is 0.396 e. The predicted octanol–water partition coefficient (Wildman–Crippen LogP) is 2.53. The summed E-state index contributed by atoms with van der Waals surface area (Å²) in [4.78, 5) is 2.20. The quantitative estimate of drug-likeness (QED) is 0.912. The first-order chi connectivity index (χ1) is 8.26. The minimum Gasteiger partial charge on any atom is -0.396 e. The molecule has 0 aliphatic carbocycles. The second kappa shape index (κ2) is 5.52. The summed E-state index contributed by atoms with van der Waals surface area (Å²) < 4.78 is 0.837. The Morgan fingerprint density at radius 2 is 2.35 bits per heavy atom. The van der Waals surface area contributed by atoms with Crippen molar-refractivity contribution in [3.63, 3.8) is 0 Å². The van der Waals surface area contributed by atoms with Gasteiger partial charge in [-0.2, -0.15) is 5.26 Å². The fourth-order valence-corrected chi connectivity index (χ4v) is 2.76. The lowest BCUT2D eigenvalue weighted by Crippen LogP contribution is -2.37. The van der Waals surface area contributed by atoms with E-state index in [4.69, 9.17) is 0 Å². The van der Waals surface area contributed by atoms with Crippen molar-refractivity contribution in [2.45, 2.75) is 12.8 Å². The van der Waals surface area contributed by atoms with Crippen LogP contribution < -0.4 is 4.90 Å². The molecule has 4 heteroatoms. The van der Waals surface area contributed by atoms with E-state index < -0.39 is 0 Å². The Morgan fingerprint density at radius 3 is 3.06 bits per heavy atom. The molecule has 1 heterocycles. The number of nitriles is 1. The molecule has 0 amide bonds.